The molecule has 0 bridgehead atoms. The molecule has 1 fully saturated rings. The number of carboxylic acid groups (broad SMARTS) is 1. The van der Waals surface area contributed by atoms with E-state index in [1.165, 1.54) is 9.80 Å². The van der Waals surface area contributed by atoms with Crippen molar-refractivity contribution in [1.29, 1.82) is 0 Å². The van der Waals surface area contributed by atoms with Crippen LogP contribution >= 0.6 is 0 Å². The number of hydrogen-bond acceptors (Lipinski definition) is 6. The number of hydrogen-bond donors (Lipinski definition) is 1. The van der Waals surface area contributed by atoms with Gasteiger partial charge in [-0.05, 0) is 0 Å². The Bertz CT molecular complexity index is 544. The lowest BCUT2D eigenvalue weighted by molar-refractivity contribution is -0.149. The summed E-state index contributed by atoms with van der Waals surface area (Å²) in [5.41, 5.74) is 0.840. The zero-order chi connectivity index (χ0) is 17.7. The lowest BCUT2D eigenvalue weighted by Crippen LogP contribution is -2.48. The summed E-state index contributed by atoms with van der Waals surface area (Å²) in [4.78, 5) is 23.8. The maximum atomic E-state index is 12.4. The Balaban J connectivity index is 1.81. The molecule has 0 aliphatic carbocycles. The van der Waals surface area contributed by atoms with Crippen LogP contribution in [0.2, 0.25) is 0 Å². The van der Waals surface area contributed by atoms with Crippen molar-refractivity contribution >= 4 is 11.9 Å². The topological polar surface area (TPSA) is 72.8 Å². The summed E-state index contributed by atoms with van der Waals surface area (Å²) in [6.45, 7) is 1.35. The van der Waals surface area contributed by atoms with Crippen LogP contribution in [-0.2, 0) is 11.3 Å². The van der Waals surface area contributed by atoms with Crippen LogP contribution in [0.1, 0.15) is 5.56 Å². The molecule has 7 nitrogen and oxygen atoms in total. The van der Waals surface area contributed by atoms with Crippen molar-refractivity contribution in [2.75, 3.05) is 51.2 Å². The Morgan fingerprint density at radius 3 is 2.25 bits per heavy atom. The normalized spacial score (nSPS) is 17.0. The molecular weight excluding hydrogens is 327 g/mol. The molecule has 1 aliphatic rings. The molecule has 1 saturated heterocycles. The number of anilines is 1. The van der Waals surface area contributed by atoms with Gasteiger partial charge in [-0.3, -0.25) is 14.6 Å². The first-order valence-electron chi connectivity index (χ1n) is 7.48. The second-order valence-electron chi connectivity index (χ2n) is 5.81. The summed E-state index contributed by atoms with van der Waals surface area (Å²) < 4.78 is 37.1. The second kappa shape index (κ2) is 7.75. The van der Waals surface area contributed by atoms with E-state index in [0.717, 1.165) is 5.56 Å². The van der Waals surface area contributed by atoms with Crippen LogP contribution in [0.25, 0.3) is 0 Å². The van der Waals surface area contributed by atoms with Crippen molar-refractivity contribution in [3.8, 4) is 0 Å². The lowest BCUT2D eigenvalue weighted by Gasteiger charge is -2.34. The fourth-order valence-electron chi connectivity index (χ4n) is 2.52. The summed E-state index contributed by atoms with van der Waals surface area (Å²) >= 11 is 0. The molecule has 134 valence electrons. The molecule has 0 spiro atoms. The number of carboxylic acids is 1. The first kappa shape index (κ1) is 18.4. The quantitative estimate of drug-likeness (QED) is 0.811. The van der Waals surface area contributed by atoms with E-state index in [2.05, 4.69) is 9.97 Å². The molecule has 2 rings (SSSR count). The molecule has 0 radical (unpaired) electrons. The molecule has 1 aromatic heterocycles. The predicted molar refractivity (Wildman–Crippen MR) is 80.7 cm³/mol. The highest BCUT2D eigenvalue weighted by Crippen LogP contribution is 2.18. The van der Waals surface area contributed by atoms with Crippen molar-refractivity contribution in [3.05, 3.63) is 18.0 Å². The van der Waals surface area contributed by atoms with Gasteiger partial charge in [0, 0.05) is 57.7 Å². The average molecular weight is 347 g/mol. The summed E-state index contributed by atoms with van der Waals surface area (Å²) in [6, 6.07) is 0. The number of alkyl halides is 3. The van der Waals surface area contributed by atoms with Gasteiger partial charge in [0.25, 0.3) is 0 Å². The third kappa shape index (κ3) is 5.93. The molecule has 2 heterocycles. The summed E-state index contributed by atoms with van der Waals surface area (Å²) in [5, 5.41) is 8.73. The molecule has 24 heavy (non-hydrogen) atoms. The molecule has 0 amide bonds. The molecule has 1 N–H and O–H groups in total. The minimum Gasteiger partial charge on any atom is -0.480 e. The van der Waals surface area contributed by atoms with Crippen molar-refractivity contribution in [1.82, 2.24) is 19.8 Å². The highest BCUT2D eigenvalue weighted by Gasteiger charge is 2.32. The molecule has 0 atom stereocenters. The highest BCUT2D eigenvalue weighted by molar-refractivity contribution is 5.72. The van der Waals surface area contributed by atoms with Gasteiger partial charge in [-0.15, -0.1) is 0 Å². The van der Waals surface area contributed by atoms with Crippen molar-refractivity contribution < 1.29 is 23.1 Å². The maximum Gasteiger partial charge on any atom is 0.401 e. The van der Waals surface area contributed by atoms with Crippen molar-refractivity contribution in [2.24, 2.45) is 0 Å². The van der Waals surface area contributed by atoms with Crippen LogP contribution < -0.4 is 4.90 Å². The van der Waals surface area contributed by atoms with Gasteiger partial charge in [0.2, 0.25) is 5.95 Å². The number of aromatic nitrogens is 2. The fraction of sp³-hybridized carbons (Fsp3) is 0.643. The first-order valence-corrected chi connectivity index (χ1v) is 7.48. The Morgan fingerprint density at radius 1 is 1.21 bits per heavy atom. The van der Waals surface area contributed by atoms with Crippen LogP contribution in [0.5, 0.6) is 0 Å². The number of aliphatic carboxylic acids is 1. The number of likely N-dealkylation sites (N-methyl/N-ethyl adjacent to an activating group) is 1. The van der Waals surface area contributed by atoms with E-state index in [0.29, 0.717) is 38.7 Å². The van der Waals surface area contributed by atoms with Gasteiger partial charge >= 0.3 is 12.1 Å². The van der Waals surface area contributed by atoms with Crippen LogP contribution in [0, 0.1) is 0 Å². The Hall–Kier alpha value is -1.94. The minimum atomic E-state index is -4.16. The predicted octanol–water partition coefficient (Wildman–Crippen LogP) is 0.677. The first-order chi connectivity index (χ1) is 11.2. The smallest absolute Gasteiger partial charge is 0.401 e. The van der Waals surface area contributed by atoms with E-state index in [1.54, 1.807) is 19.4 Å². The molecule has 1 aliphatic heterocycles. The Labute approximate surface area is 137 Å². The van der Waals surface area contributed by atoms with Gasteiger partial charge in [0.15, 0.2) is 0 Å². The van der Waals surface area contributed by atoms with Crippen LogP contribution in [-0.4, -0.2) is 83.3 Å². The number of piperazine rings is 1. The van der Waals surface area contributed by atoms with Gasteiger partial charge in [-0.1, -0.05) is 0 Å². The largest absolute Gasteiger partial charge is 0.480 e. The summed E-state index contributed by atoms with van der Waals surface area (Å²) in [7, 11) is 1.59. The molecule has 0 aromatic carbocycles. The van der Waals surface area contributed by atoms with Crippen molar-refractivity contribution in [3.63, 3.8) is 0 Å². The average Bonchev–Trinajstić information content (AvgIpc) is 2.48. The Kier molecular flexibility index (Phi) is 5.94. The van der Waals surface area contributed by atoms with Crippen LogP contribution in [0.15, 0.2) is 12.4 Å². The number of rotatable bonds is 6. The third-order valence-corrected chi connectivity index (χ3v) is 3.68. The molecule has 0 saturated carbocycles. The lowest BCUT2D eigenvalue weighted by atomic mass is 10.2. The van der Waals surface area contributed by atoms with E-state index in [-0.39, 0.29) is 6.54 Å². The minimum absolute atomic E-state index is 0.194. The summed E-state index contributed by atoms with van der Waals surface area (Å²) in [6.07, 6.45) is -0.931. The third-order valence-electron chi connectivity index (χ3n) is 3.68. The van der Waals surface area contributed by atoms with Crippen molar-refractivity contribution in [2.45, 2.75) is 12.7 Å². The second-order valence-corrected chi connectivity index (χ2v) is 5.81. The monoisotopic (exact) mass is 347 g/mol. The molecule has 1 aromatic rings. The van der Waals surface area contributed by atoms with E-state index in [1.807, 2.05) is 4.90 Å². The zero-order valence-corrected chi connectivity index (χ0v) is 13.3. The Morgan fingerprint density at radius 2 is 1.75 bits per heavy atom. The highest BCUT2D eigenvalue weighted by atomic mass is 19.4. The van der Waals surface area contributed by atoms with E-state index in [9.17, 15) is 18.0 Å². The van der Waals surface area contributed by atoms with Crippen LogP contribution in [0.3, 0.4) is 0 Å². The SMILES string of the molecule is CN(CC(=O)O)c1ncc(CN2CCN(CC(F)(F)F)CC2)cn1. The van der Waals surface area contributed by atoms with Gasteiger partial charge in [0.1, 0.15) is 6.54 Å². The van der Waals surface area contributed by atoms with Gasteiger partial charge < -0.3 is 10.0 Å². The van der Waals surface area contributed by atoms with Crippen LogP contribution in [0.4, 0.5) is 19.1 Å². The van der Waals surface area contributed by atoms with E-state index >= 15 is 0 Å². The van der Waals surface area contributed by atoms with Gasteiger partial charge in [-0.25, -0.2) is 9.97 Å². The van der Waals surface area contributed by atoms with E-state index in [4.69, 9.17) is 5.11 Å². The maximum absolute atomic E-state index is 12.4. The molecular formula is C14H20F3N5O2. The fourth-order valence-corrected chi connectivity index (χ4v) is 2.52. The zero-order valence-electron chi connectivity index (χ0n) is 13.3. The van der Waals surface area contributed by atoms with E-state index < -0.39 is 18.7 Å². The number of nitrogens with zero attached hydrogens (tertiary/aromatic N) is 5. The van der Waals surface area contributed by atoms with Gasteiger partial charge in [0.05, 0.1) is 6.54 Å². The standard InChI is InChI=1S/C14H20F3N5O2/c1-20(9-12(23)24)13-18-6-11(7-19-13)8-21-2-4-22(5-3-21)10-14(15,16)17/h6-7H,2-5,8-10H2,1H3,(H,23,24). The number of halogens is 3. The van der Waals surface area contributed by atoms with Gasteiger partial charge in [-0.2, -0.15) is 13.2 Å². The number of carbonyl (C=O) groups is 1. The molecule has 0 unspecified atom stereocenters. The molecule has 10 heteroatoms. The summed E-state index contributed by atoms with van der Waals surface area (Å²) in [5.74, 6) is -0.655.